The number of imidazole rings is 1. The van der Waals surface area contributed by atoms with Crippen molar-refractivity contribution in [2.24, 2.45) is 7.05 Å². The molecule has 0 bridgehead atoms. The van der Waals surface area contributed by atoms with Crippen molar-refractivity contribution in [2.45, 2.75) is 13.1 Å². The van der Waals surface area contributed by atoms with Gasteiger partial charge in [-0.2, -0.15) is 0 Å². The first kappa shape index (κ1) is 12.7. The molecule has 0 saturated heterocycles. The molecule has 0 amide bonds. The Morgan fingerprint density at radius 2 is 2.16 bits per heavy atom. The summed E-state index contributed by atoms with van der Waals surface area (Å²) in [4.78, 5) is 5.46. The molecule has 2 heterocycles. The smallest absolute Gasteiger partial charge is 0.122 e. The number of hydrogen-bond acceptors (Lipinski definition) is 3. The van der Waals surface area contributed by atoms with E-state index < -0.39 is 0 Å². The minimum Gasteiger partial charge on any atom is -0.337 e. The summed E-state index contributed by atoms with van der Waals surface area (Å²) in [6.45, 7) is 1.51. The number of hydrogen-bond donors (Lipinski definition) is 1. The van der Waals surface area contributed by atoms with Crippen LogP contribution in [-0.4, -0.2) is 9.55 Å². The molecule has 5 heteroatoms. The van der Waals surface area contributed by atoms with Crippen LogP contribution in [0, 0.1) is 0 Å². The molecule has 3 rings (SSSR count). The van der Waals surface area contributed by atoms with Gasteiger partial charge in [0.15, 0.2) is 0 Å². The van der Waals surface area contributed by atoms with Crippen molar-refractivity contribution in [3.63, 3.8) is 0 Å². The normalized spacial score (nSPS) is 11.3. The fourth-order valence-corrected chi connectivity index (χ4v) is 3.50. The highest BCUT2D eigenvalue weighted by atomic mass is 35.5. The van der Waals surface area contributed by atoms with Gasteiger partial charge < -0.3 is 9.88 Å². The third-order valence-corrected chi connectivity index (χ3v) is 4.81. The summed E-state index contributed by atoms with van der Waals surface area (Å²) in [5, 5.41) is 5.40. The van der Waals surface area contributed by atoms with Gasteiger partial charge >= 0.3 is 0 Å². The summed E-state index contributed by atoms with van der Waals surface area (Å²) >= 11 is 8.14. The van der Waals surface area contributed by atoms with E-state index in [0.717, 1.165) is 29.3 Å². The van der Waals surface area contributed by atoms with Gasteiger partial charge in [-0.15, -0.1) is 11.3 Å². The number of halogens is 1. The minimum absolute atomic E-state index is 0.744. The Morgan fingerprint density at radius 1 is 1.32 bits per heavy atom. The molecule has 98 valence electrons. The second-order valence-electron chi connectivity index (χ2n) is 4.39. The lowest BCUT2D eigenvalue weighted by Crippen LogP contribution is -2.15. The van der Waals surface area contributed by atoms with Gasteiger partial charge in [-0.3, -0.25) is 0 Å². The Bertz CT molecular complexity index is 702. The first-order chi connectivity index (χ1) is 9.25. The standard InChI is InChI=1S/C14H14ClN3S/c1-18-7-6-17-13(18)9-16-8-12-14(15)10-4-2-3-5-11(10)19-12/h2-7,16H,8-9H2,1H3. The molecule has 0 fully saturated rings. The van der Waals surface area contributed by atoms with Crippen molar-refractivity contribution in [1.29, 1.82) is 0 Å². The van der Waals surface area contributed by atoms with Crippen LogP contribution in [0.2, 0.25) is 5.02 Å². The zero-order valence-corrected chi connectivity index (χ0v) is 12.1. The molecular formula is C14H14ClN3S. The first-order valence-electron chi connectivity index (χ1n) is 6.08. The van der Waals surface area contributed by atoms with E-state index in [0.29, 0.717) is 0 Å². The van der Waals surface area contributed by atoms with Gasteiger partial charge in [-0.25, -0.2) is 4.98 Å². The monoisotopic (exact) mass is 291 g/mol. The van der Waals surface area contributed by atoms with Gasteiger partial charge in [0.25, 0.3) is 0 Å². The van der Waals surface area contributed by atoms with E-state index in [2.05, 4.69) is 22.4 Å². The maximum absolute atomic E-state index is 6.40. The van der Waals surface area contributed by atoms with Gasteiger partial charge in [-0.1, -0.05) is 29.8 Å². The number of aromatic nitrogens is 2. The van der Waals surface area contributed by atoms with Crippen molar-refractivity contribution < 1.29 is 0 Å². The summed E-state index contributed by atoms with van der Waals surface area (Å²) in [5.74, 6) is 1.03. The van der Waals surface area contributed by atoms with Crippen molar-refractivity contribution in [3.8, 4) is 0 Å². The maximum atomic E-state index is 6.40. The Labute approximate surface area is 120 Å². The van der Waals surface area contributed by atoms with E-state index in [1.54, 1.807) is 11.3 Å². The third-order valence-electron chi connectivity index (χ3n) is 3.09. The number of benzene rings is 1. The number of rotatable bonds is 4. The summed E-state index contributed by atoms with van der Waals surface area (Å²) < 4.78 is 3.25. The predicted molar refractivity (Wildman–Crippen MR) is 80.6 cm³/mol. The highest BCUT2D eigenvalue weighted by Gasteiger charge is 2.09. The third kappa shape index (κ3) is 2.52. The quantitative estimate of drug-likeness (QED) is 0.796. The molecule has 1 aromatic carbocycles. The lowest BCUT2D eigenvalue weighted by Gasteiger charge is -2.03. The SMILES string of the molecule is Cn1ccnc1CNCc1sc2ccccc2c1Cl. The second kappa shape index (κ2) is 5.33. The van der Waals surface area contributed by atoms with E-state index in [4.69, 9.17) is 11.6 Å². The molecule has 3 nitrogen and oxygen atoms in total. The molecule has 1 N–H and O–H groups in total. The second-order valence-corrected chi connectivity index (χ2v) is 5.91. The molecule has 3 aromatic rings. The number of thiophene rings is 1. The van der Waals surface area contributed by atoms with Gasteiger partial charge in [-0.05, 0) is 6.07 Å². The molecular weight excluding hydrogens is 278 g/mol. The fourth-order valence-electron chi connectivity index (χ4n) is 2.03. The van der Waals surface area contributed by atoms with Crippen LogP contribution >= 0.6 is 22.9 Å². The number of nitrogens with one attached hydrogen (secondary N) is 1. The van der Waals surface area contributed by atoms with E-state index in [9.17, 15) is 0 Å². The van der Waals surface area contributed by atoms with Gasteiger partial charge in [0.1, 0.15) is 5.82 Å². The highest BCUT2D eigenvalue weighted by molar-refractivity contribution is 7.19. The van der Waals surface area contributed by atoms with Crippen LogP contribution in [0.15, 0.2) is 36.7 Å². The summed E-state index contributed by atoms with van der Waals surface area (Å²) in [6, 6.07) is 8.23. The molecule has 0 radical (unpaired) electrons. The van der Waals surface area contributed by atoms with Crippen molar-refractivity contribution in [1.82, 2.24) is 14.9 Å². The van der Waals surface area contributed by atoms with Crippen LogP contribution in [0.25, 0.3) is 10.1 Å². The summed E-state index contributed by atoms with van der Waals surface area (Å²) in [7, 11) is 2.00. The van der Waals surface area contributed by atoms with Gasteiger partial charge in [0, 0.05) is 40.9 Å². The average molecular weight is 292 g/mol. The van der Waals surface area contributed by atoms with Crippen molar-refractivity contribution >= 4 is 33.0 Å². The van der Waals surface area contributed by atoms with Crippen LogP contribution < -0.4 is 5.32 Å². The molecule has 0 spiro atoms. The Morgan fingerprint density at radius 3 is 2.89 bits per heavy atom. The first-order valence-corrected chi connectivity index (χ1v) is 7.28. The zero-order valence-electron chi connectivity index (χ0n) is 10.6. The lowest BCUT2D eigenvalue weighted by molar-refractivity contribution is 0.644. The predicted octanol–water partition coefficient (Wildman–Crippen LogP) is 3.58. The number of nitrogens with zero attached hydrogens (tertiary/aromatic N) is 2. The minimum atomic E-state index is 0.744. The molecule has 0 atom stereocenters. The summed E-state index contributed by atoms with van der Waals surface area (Å²) in [5.41, 5.74) is 0. The van der Waals surface area contributed by atoms with E-state index in [-0.39, 0.29) is 0 Å². The van der Waals surface area contributed by atoms with Crippen molar-refractivity contribution in [3.05, 3.63) is 52.4 Å². The largest absolute Gasteiger partial charge is 0.337 e. The molecule has 0 saturated carbocycles. The van der Waals surface area contributed by atoms with E-state index >= 15 is 0 Å². The molecule has 0 aliphatic carbocycles. The molecule has 0 aliphatic rings. The van der Waals surface area contributed by atoms with Crippen LogP contribution in [0.3, 0.4) is 0 Å². The van der Waals surface area contributed by atoms with Crippen molar-refractivity contribution in [2.75, 3.05) is 0 Å². The maximum Gasteiger partial charge on any atom is 0.122 e. The Balaban J connectivity index is 1.72. The van der Waals surface area contributed by atoms with E-state index in [1.807, 2.05) is 36.1 Å². The van der Waals surface area contributed by atoms with Crippen LogP contribution in [0.1, 0.15) is 10.7 Å². The topological polar surface area (TPSA) is 29.9 Å². The Kier molecular flexibility index (Phi) is 3.55. The fraction of sp³-hybridized carbons (Fsp3) is 0.214. The lowest BCUT2D eigenvalue weighted by atomic mass is 10.2. The highest BCUT2D eigenvalue weighted by Crippen LogP contribution is 2.34. The molecule has 2 aromatic heterocycles. The van der Waals surface area contributed by atoms with Crippen LogP contribution in [0.4, 0.5) is 0 Å². The zero-order chi connectivity index (χ0) is 13.2. The summed E-state index contributed by atoms with van der Waals surface area (Å²) in [6.07, 6.45) is 3.76. The van der Waals surface area contributed by atoms with Crippen LogP contribution in [0.5, 0.6) is 0 Å². The van der Waals surface area contributed by atoms with E-state index in [1.165, 1.54) is 9.58 Å². The van der Waals surface area contributed by atoms with Gasteiger partial charge in [0.2, 0.25) is 0 Å². The molecule has 0 aliphatic heterocycles. The molecule has 19 heavy (non-hydrogen) atoms. The van der Waals surface area contributed by atoms with Crippen LogP contribution in [-0.2, 0) is 20.1 Å². The number of aryl methyl sites for hydroxylation is 1. The molecule has 0 unspecified atom stereocenters. The average Bonchev–Trinajstić information content (AvgIpc) is 2.96. The Hall–Kier alpha value is -1.36. The number of fused-ring (bicyclic) bond motifs is 1. The van der Waals surface area contributed by atoms with Gasteiger partial charge in [0.05, 0.1) is 11.6 Å².